The molecule has 1 amide bonds. The highest BCUT2D eigenvalue weighted by Crippen LogP contribution is 2.38. The SMILES string of the molecule is Cc1cccc(C2(C(=O)Nc3nc(-c4cc(C)sc4C)cs3)CCOCC2)c1. The van der Waals surface area contributed by atoms with Crippen LogP contribution in [-0.4, -0.2) is 24.1 Å². The maximum Gasteiger partial charge on any atom is 0.236 e. The third-order valence-corrected chi connectivity index (χ3v) is 7.12. The van der Waals surface area contributed by atoms with Gasteiger partial charge in [-0.1, -0.05) is 29.8 Å². The molecule has 4 rings (SSSR count). The number of nitrogens with one attached hydrogen (secondary N) is 1. The molecule has 0 unspecified atom stereocenters. The number of benzene rings is 1. The van der Waals surface area contributed by atoms with Gasteiger partial charge in [-0.15, -0.1) is 22.7 Å². The standard InChI is InChI=1S/C22H24N2O2S2/c1-14-5-4-6-17(11-14)22(7-9-26-10-8-22)20(25)24-21-23-19(13-27-21)18-12-15(2)28-16(18)3/h4-6,11-13H,7-10H2,1-3H3,(H,23,24,25). The Bertz CT molecular complexity index is 1000. The summed E-state index contributed by atoms with van der Waals surface area (Å²) in [6.45, 7) is 7.47. The maximum absolute atomic E-state index is 13.4. The van der Waals surface area contributed by atoms with Crippen LogP contribution in [0.15, 0.2) is 35.7 Å². The third kappa shape index (κ3) is 3.64. The molecule has 1 aliphatic heterocycles. The van der Waals surface area contributed by atoms with E-state index in [0.29, 0.717) is 31.2 Å². The highest BCUT2D eigenvalue weighted by atomic mass is 32.1. The Hall–Kier alpha value is -2.02. The van der Waals surface area contributed by atoms with E-state index >= 15 is 0 Å². The van der Waals surface area contributed by atoms with Crippen molar-refractivity contribution in [3.63, 3.8) is 0 Å². The predicted octanol–water partition coefficient (Wildman–Crippen LogP) is 5.48. The van der Waals surface area contributed by atoms with E-state index in [1.54, 1.807) is 11.3 Å². The second-order valence-electron chi connectivity index (χ2n) is 7.38. The summed E-state index contributed by atoms with van der Waals surface area (Å²) in [5.74, 6) is 0.0144. The van der Waals surface area contributed by atoms with E-state index in [9.17, 15) is 4.79 Å². The first-order valence-corrected chi connectivity index (χ1v) is 11.2. The molecule has 0 radical (unpaired) electrons. The molecule has 3 aromatic rings. The van der Waals surface area contributed by atoms with Crippen molar-refractivity contribution in [2.24, 2.45) is 0 Å². The number of anilines is 1. The van der Waals surface area contributed by atoms with Crippen LogP contribution in [0.5, 0.6) is 0 Å². The lowest BCUT2D eigenvalue weighted by Crippen LogP contribution is -2.44. The van der Waals surface area contributed by atoms with Gasteiger partial charge >= 0.3 is 0 Å². The summed E-state index contributed by atoms with van der Waals surface area (Å²) in [7, 11) is 0. The summed E-state index contributed by atoms with van der Waals surface area (Å²) < 4.78 is 5.56. The molecule has 1 saturated heterocycles. The summed E-state index contributed by atoms with van der Waals surface area (Å²) in [6, 6.07) is 10.4. The van der Waals surface area contributed by atoms with Crippen LogP contribution in [0, 0.1) is 20.8 Å². The number of carbonyl (C=O) groups excluding carboxylic acids is 1. The van der Waals surface area contributed by atoms with Crippen LogP contribution in [0.3, 0.4) is 0 Å². The number of amides is 1. The van der Waals surface area contributed by atoms with Crippen molar-refractivity contribution in [1.82, 2.24) is 4.98 Å². The molecular formula is C22H24N2O2S2. The lowest BCUT2D eigenvalue weighted by molar-refractivity contribution is -0.125. The van der Waals surface area contributed by atoms with Crippen molar-refractivity contribution in [2.75, 3.05) is 18.5 Å². The Balaban J connectivity index is 1.61. The predicted molar refractivity (Wildman–Crippen MR) is 116 cm³/mol. The molecule has 3 heterocycles. The molecule has 0 saturated carbocycles. The van der Waals surface area contributed by atoms with E-state index in [-0.39, 0.29) is 5.91 Å². The number of hydrogen-bond acceptors (Lipinski definition) is 5. The van der Waals surface area contributed by atoms with E-state index in [4.69, 9.17) is 9.72 Å². The molecule has 2 aromatic heterocycles. The second kappa shape index (κ2) is 7.78. The number of carbonyl (C=O) groups is 1. The van der Waals surface area contributed by atoms with Gasteiger partial charge in [0.2, 0.25) is 5.91 Å². The zero-order valence-corrected chi connectivity index (χ0v) is 18.0. The summed E-state index contributed by atoms with van der Waals surface area (Å²) in [4.78, 5) is 20.6. The molecule has 6 heteroatoms. The molecule has 146 valence electrons. The summed E-state index contributed by atoms with van der Waals surface area (Å²) in [6.07, 6.45) is 1.37. The molecule has 4 nitrogen and oxygen atoms in total. The average molecular weight is 413 g/mol. The number of rotatable bonds is 4. The van der Waals surface area contributed by atoms with Crippen molar-refractivity contribution in [1.29, 1.82) is 0 Å². The van der Waals surface area contributed by atoms with Crippen molar-refractivity contribution < 1.29 is 9.53 Å². The third-order valence-electron chi connectivity index (χ3n) is 5.39. The van der Waals surface area contributed by atoms with Crippen LogP contribution in [0.25, 0.3) is 11.3 Å². The number of thiophene rings is 1. The van der Waals surface area contributed by atoms with Gasteiger partial charge in [-0.25, -0.2) is 4.98 Å². The van der Waals surface area contributed by atoms with Crippen molar-refractivity contribution >= 4 is 33.7 Å². The highest BCUT2D eigenvalue weighted by molar-refractivity contribution is 7.14. The van der Waals surface area contributed by atoms with Gasteiger partial charge in [0.05, 0.1) is 11.1 Å². The maximum atomic E-state index is 13.4. The summed E-state index contributed by atoms with van der Waals surface area (Å²) >= 11 is 3.25. The van der Waals surface area contributed by atoms with Crippen LogP contribution in [0.1, 0.15) is 33.7 Å². The van der Waals surface area contributed by atoms with Gasteiger partial charge in [-0.2, -0.15) is 0 Å². The molecule has 0 bridgehead atoms. The fourth-order valence-electron chi connectivity index (χ4n) is 3.87. The minimum Gasteiger partial charge on any atom is -0.381 e. The smallest absolute Gasteiger partial charge is 0.236 e. The van der Waals surface area contributed by atoms with Crippen LogP contribution in [-0.2, 0) is 14.9 Å². The molecule has 1 aliphatic rings. The summed E-state index contributed by atoms with van der Waals surface area (Å²) in [5.41, 5.74) is 3.74. The van der Waals surface area contributed by atoms with E-state index in [2.05, 4.69) is 50.4 Å². The van der Waals surface area contributed by atoms with Gasteiger partial charge in [-0.3, -0.25) is 4.79 Å². The Morgan fingerprint density at radius 2 is 1.96 bits per heavy atom. The minimum atomic E-state index is -0.564. The van der Waals surface area contributed by atoms with Gasteiger partial charge in [0.15, 0.2) is 5.13 Å². The lowest BCUT2D eigenvalue weighted by atomic mass is 9.73. The van der Waals surface area contributed by atoms with Gasteiger partial charge in [0.25, 0.3) is 0 Å². The van der Waals surface area contributed by atoms with Crippen LogP contribution in [0.4, 0.5) is 5.13 Å². The van der Waals surface area contributed by atoms with Crippen molar-refractivity contribution in [3.8, 4) is 11.3 Å². The Morgan fingerprint density at radius 3 is 2.64 bits per heavy atom. The first-order valence-electron chi connectivity index (χ1n) is 9.47. The Labute approximate surface area is 173 Å². The number of aromatic nitrogens is 1. The molecule has 1 N–H and O–H groups in total. The molecular weight excluding hydrogens is 388 g/mol. The van der Waals surface area contributed by atoms with Crippen molar-refractivity contribution in [3.05, 3.63) is 56.6 Å². The first kappa shape index (κ1) is 19.3. The minimum absolute atomic E-state index is 0.0144. The quantitative estimate of drug-likeness (QED) is 0.617. The zero-order valence-electron chi connectivity index (χ0n) is 16.4. The van der Waals surface area contributed by atoms with Gasteiger partial charge in [0, 0.05) is 33.9 Å². The topological polar surface area (TPSA) is 51.2 Å². The number of aryl methyl sites for hydroxylation is 3. The fourth-order valence-corrected chi connectivity index (χ4v) is 5.50. The normalized spacial score (nSPS) is 16.1. The Kier molecular flexibility index (Phi) is 5.36. The van der Waals surface area contributed by atoms with Gasteiger partial charge in [-0.05, 0) is 45.2 Å². The number of nitrogens with zero attached hydrogens (tertiary/aromatic N) is 1. The highest BCUT2D eigenvalue weighted by Gasteiger charge is 2.42. The second-order valence-corrected chi connectivity index (χ2v) is 9.70. The van der Waals surface area contributed by atoms with Crippen LogP contribution in [0.2, 0.25) is 0 Å². The first-order chi connectivity index (χ1) is 13.5. The zero-order chi connectivity index (χ0) is 19.7. The van der Waals surface area contributed by atoms with Gasteiger partial charge < -0.3 is 10.1 Å². The van der Waals surface area contributed by atoms with Crippen LogP contribution < -0.4 is 5.32 Å². The molecule has 28 heavy (non-hydrogen) atoms. The van der Waals surface area contributed by atoms with E-state index in [1.165, 1.54) is 21.1 Å². The lowest BCUT2D eigenvalue weighted by Gasteiger charge is -2.36. The Morgan fingerprint density at radius 1 is 1.18 bits per heavy atom. The van der Waals surface area contributed by atoms with E-state index in [0.717, 1.165) is 22.4 Å². The van der Waals surface area contributed by atoms with Gasteiger partial charge in [0.1, 0.15) is 0 Å². The monoisotopic (exact) mass is 412 g/mol. The average Bonchev–Trinajstić information content (AvgIpc) is 3.27. The summed E-state index contributed by atoms with van der Waals surface area (Å²) in [5, 5.41) is 5.78. The number of hydrogen-bond donors (Lipinski definition) is 1. The van der Waals surface area contributed by atoms with Crippen molar-refractivity contribution in [2.45, 2.75) is 39.0 Å². The molecule has 1 fully saturated rings. The van der Waals surface area contributed by atoms with E-state index < -0.39 is 5.41 Å². The molecule has 0 spiro atoms. The largest absolute Gasteiger partial charge is 0.381 e. The van der Waals surface area contributed by atoms with Crippen LogP contribution >= 0.6 is 22.7 Å². The number of ether oxygens (including phenoxy) is 1. The fraction of sp³-hybridized carbons (Fsp3) is 0.364. The van der Waals surface area contributed by atoms with E-state index in [1.807, 2.05) is 11.4 Å². The molecule has 0 atom stereocenters. The molecule has 0 aliphatic carbocycles. The number of thiazole rings is 1. The molecule has 1 aromatic carbocycles.